The Morgan fingerprint density at radius 1 is 0.575 bits per heavy atom. The molecule has 392 valence electrons. The predicted molar refractivity (Wildman–Crippen MR) is 285 cm³/mol. The van der Waals surface area contributed by atoms with Gasteiger partial charge in [0.15, 0.2) is 0 Å². The first-order chi connectivity index (χ1) is 35.7. The van der Waals surface area contributed by atoms with Crippen LogP contribution in [0.1, 0.15) is 145 Å². The third kappa shape index (κ3) is 17.3. The molecule has 7 rings (SSSR count). The van der Waals surface area contributed by atoms with Crippen molar-refractivity contribution in [3.63, 3.8) is 0 Å². The predicted octanol–water partition coefficient (Wildman–Crippen LogP) is 12.7. The summed E-state index contributed by atoms with van der Waals surface area (Å²) in [5.41, 5.74) is 3.15. The molecule has 0 atom stereocenters. The van der Waals surface area contributed by atoms with Crippen LogP contribution in [0.2, 0.25) is 0 Å². The SMILES string of the molecule is C=CC(=O)OCCCCCCOc1ccc(CCOC(=O)C2CCC(C(=O)Oc3ccc4c(c3)nc(SC3CCC(OCCCCCCOC(=O)C=C)CC3)c3cc(C5CCC(C=O)CC5)ccc34)CC2)cc1. The number of ether oxygens (including phenoxy) is 6. The fourth-order valence-corrected chi connectivity index (χ4v) is 11.6. The fourth-order valence-electron chi connectivity index (χ4n) is 10.4. The molecule has 0 amide bonds. The molecule has 0 radical (unpaired) electrons. The lowest BCUT2D eigenvalue weighted by atomic mass is 9.79. The highest BCUT2D eigenvalue weighted by Crippen LogP contribution is 2.43. The molecule has 1 heterocycles. The van der Waals surface area contributed by atoms with E-state index in [9.17, 15) is 24.0 Å². The number of aromatic nitrogens is 1. The molecule has 13 heteroatoms. The van der Waals surface area contributed by atoms with E-state index >= 15 is 0 Å². The number of thioether (sulfide) groups is 1. The molecule has 73 heavy (non-hydrogen) atoms. The number of carbonyl (C=O) groups excluding carboxylic acids is 5. The summed E-state index contributed by atoms with van der Waals surface area (Å²) in [6, 6.07) is 20.5. The van der Waals surface area contributed by atoms with Crippen molar-refractivity contribution in [2.24, 2.45) is 17.8 Å². The molecule has 3 aliphatic rings. The minimum Gasteiger partial charge on any atom is -0.494 e. The first-order valence-corrected chi connectivity index (χ1v) is 27.9. The smallest absolute Gasteiger partial charge is 0.330 e. The van der Waals surface area contributed by atoms with E-state index in [1.54, 1.807) is 0 Å². The number of carbonyl (C=O) groups is 5. The minimum absolute atomic E-state index is 0.160. The van der Waals surface area contributed by atoms with Crippen molar-refractivity contribution in [1.82, 2.24) is 4.98 Å². The number of aldehydes is 1. The van der Waals surface area contributed by atoms with Crippen molar-refractivity contribution in [1.29, 1.82) is 0 Å². The number of benzene rings is 3. The molecular formula is C60H75NO11S. The van der Waals surface area contributed by atoms with Gasteiger partial charge in [-0.3, -0.25) is 9.59 Å². The monoisotopic (exact) mass is 1020 g/mol. The first kappa shape index (κ1) is 55.2. The summed E-state index contributed by atoms with van der Waals surface area (Å²) in [6.45, 7) is 9.31. The molecular weight excluding hydrogens is 943 g/mol. The third-order valence-electron chi connectivity index (χ3n) is 14.8. The maximum absolute atomic E-state index is 13.6. The highest BCUT2D eigenvalue weighted by atomic mass is 32.2. The average molecular weight is 1020 g/mol. The molecule has 3 fully saturated rings. The first-order valence-electron chi connectivity index (χ1n) is 27.0. The van der Waals surface area contributed by atoms with E-state index in [2.05, 4.69) is 31.4 Å². The Hall–Kier alpha value is -5.53. The second-order valence-corrected chi connectivity index (χ2v) is 21.3. The molecule has 0 spiro atoms. The standard InChI is InChI=1S/C60H75NO11S/c1-3-56(63)69-36-11-7-5-9-34-67-48-24-15-42(16-25-48)33-38-71-59(65)45-19-21-46(22-20-45)60(66)72-50-28-32-53-52-31-23-47(44-17-13-43(41-62)14-18-44)39-54(52)58(61-55(53)40-50)73-51-29-26-49(27-30-51)68-35-10-6-8-12-37-70-57(64)4-2/h3-4,15-16,23-25,28,31-32,39-41,43-46,49,51H,1-2,5-14,17-22,26-27,29-30,33-38H2. The minimum atomic E-state index is -0.387. The Morgan fingerprint density at radius 3 is 1.82 bits per heavy atom. The molecule has 0 unspecified atom stereocenters. The Kier molecular flexibility index (Phi) is 22.2. The van der Waals surface area contributed by atoms with Gasteiger partial charge < -0.3 is 33.2 Å². The largest absolute Gasteiger partial charge is 0.494 e. The van der Waals surface area contributed by atoms with Crippen LogP contribution < -0.4 is 9.47 Å². The van der Waals surface area contributed by atoms with Gasteiger partial charge in [0.25, 0.3) is 0 Å². The molecule has 0 saturated heterocycles. The molecule has 0 N–H and O–H groups in total. The number of esters is 4. The van der Waals surface area contributed by atoms with Gasteiger partial charge in [-0.1, -0.05) is 43.8 Å². The van der Waals surface area contributed by atoms with Crippen LogP contribution in [0.25, 0.3) is 21.7 Å². The van der Waals surface area contributed by atoms with Gasteiger partial charge in [0.2, 0.25) is 0 Å². The van der Waals surface area contributed by atoms with Crippen LogP contribution in [0.15, 0.2) is 91.0 Å². The molecule has 3 saturated carbocycles. The third-order valence-corrected chi connectivity index (χ3v) is 16.1. The molecule has 4 aromatic rings. The Balaban J connectivity index is 0.873. The number of hydrogen-bond acceptors (Lipinski definition) is 13. The summed E-state index contributed by atoms with van der Waals surface area (Å²) in [5.74, 6) is 0.0484. The highest BCUT2D eigenvalue weighted by Gasteiger charge is 2.32. The quantitative estimate of drug-likeness (QED) is 0.0101. The van der Waals surface area contributed by atoms with Crippen LogP contribution in [0.3, 0.4) is 0 Å². The van der Waals surface area contributed by atoms with Gasteiger partial charge in [-0.05, 0) is 175 Å². The maximum Gasteiger partial charge on any atom is 0.330 e. The summed E-state index contributed by atoms with van der Waals surface area (Å²) < 4.78 is 34.0. The molecule has 0 bridgehead atoms. The lowest BCUT2D eigenvalue weighted by Crippen LogP contribution is -2.29. The van der Waals surface area contributed by atoms with Crippen molar-refractivity contribution >= 4 is 63.6 Å². The van der Waals surface area contributed by atoms with E-state index in [0.717, 1.165) is 154 Å². The number of hydrogen-bond donors (Lipinski definition) is 0. The Bertz CT molecular complexity index is 2450. The van der Waals surface area contributed by atoms with Gasteiger partial charge in [-0.2, -0.15) is 0 Å². The Morgan fingerprint density at radius 2 is 1.18 bits per heavy atom. The molecule has 12 nitrogen and oxygen atoms in total. The van der Waals surface area contributed by atoms with Gasteiger partial charge in [-0.25, -0.2) is 14.6 Å². The van der Waals surface area contributed by atoms with Gasteiger partial charge in [0.05, 0.1) is 49.9 Å². The number of pyridine rings is 1. The molecule has 3 aromatic carbocycles. The van der Waals surface area contributed by atoms with E-state index in [1.807, 2.05) is 54.2 Å². The van der Waals surface area contributed by atoms with Crippen molar-refractivity contribution < 1.29 is 52.4 Å². The normalized spacial score (nSPS) is 20.9. The summed E-state index contributed by atoms with van der Waals surface area (Å²) in [5, 5.41) is 4.67. The van der Waals surface area contributed by atoms with Crippen molar-refractivity contribution in [3.05, 3.63) is 97.1 Å². The lowest BCUT2D eigenvalue weighted by Gasteiger charge is -2.29. The molecule has 0 aliphatic heterocycles. The van der Waals surface area contributed by atoms with Crippen LogP contribution >= 0.6 is 11.8 Å². The van der Waals surface area contributed by atoms with E-state index in [-0.39, 0.29) is 54.3 Å². The van der Waals surface area contributed by atoms with Gasteiger partial charge in [0.1, 0.15) is 22.8 Å². The maximum atomic E-state index is 13.6. The van der Waals surface area contributed by atoms with Crippen LogP contribution in [0, 0.1) is 17.8 Å². The zero-order valence-electron chi connectivity index (χ0n) is 42.6. The zero-order chi connectivity index (χ0) is 51.2. The van der Waals surface area contributed by atoms with Gasteiger partial charge >= 0.3 is 23.9 Å². The second-order valence-electron chi connectivity index (χ2n) is 20.0. The fraction of sp³-hybridized carbons (Fsp3) is 0.533. The van der Waals surface area contributed by atoms with E-state index < -0.39 is 0 Å². The summed E-state index contributed by atoms with van der Waals surface area (Å²) in [7, 11) is 0. The lowest BCUT2D eigenvalue weighted by molar-refractivity contribution is -0.152. The number of nitrogens with zero attached hydrogens (tertiary/aromatic N) is 1. The summed E-state index contributed by atoms with van der Waals surface area (Å²) in [6.07, 6.45) is 22.1. The molecule has 1 aromatic heterocycles. The second kappa shape index (κ2) is 29.4. The summed E-state index contributed by atoms with van der Waals surface area (Å²) in [4.78, 5) is 65.9. The van der Waals surface area contributed by atoms with E-state index in [0.29, 0.717) is 68.8 Å². The van der Waals surface area contributed by atoms with E-state index in [4.69, 9.17) is 33.4 Å². The highest BCUT2D eigenvalue weighted by molar-refractivity contribution is 8.00. The van der Waals surface area contributed by atoms with Gasteiger partial charge in [-0.15, -0.1) is 11.8 Å². The average Bonchev–Trinajstić information content (AvgIpc) is 3.42. The number of rotatable bonds is 28. The van der Waals surface area contributed by atoms with Crippen LogP contribution in [0.5, 0.6) is 11.5 Å². The molecule has 3 aliphatic carbocycles. The Labute approximate surface area is 435 Å². The summed E-state index contributed by atoms with van der Waals surface area (Å²) >= 11 is 1.85. The van der Waals surface area contributed by atoms with Crippen LogP contribution in [0.4, 0.5) is 0 Å². The van der Waals surface area contributed by atoms with Crippen molar-refractivity contribution in [2.75, 3.05) is 33.0 Å². The van der Waals surface area contributed by atoms with Crippen LogP contribution in [-0.4, -0.2) is 79.5 Å². The zero-order valence-corrected chi connectivity index (χ0v) is 43.4. The number of unbranched alkanes of at least 4 members (excludes halogenated alkanes) is 6. The van der Waals surface area contributed by atoms with E-state index in [1.165, 1.54) is 17.7 Å². The topological polar surface area (TPSA) is 154 Å². The number of fused-ring (bicyclic) bond motifs is 3. The van der Waals surface area contributed by atoms with Crippen molar-refractivity contribution in [2.45, 2.75) is 157 Å². The van der Waals surface area contributed by atoms with Crippen molar-refractivity contribution in [3.8, 4) is 11.5 Å². The van der Waals surface area contributed by atoms with Gasteiger partial charge in [0, 0.05) is 53.2 Å². The van der Waals surface area contributed by atoms with Crippen LogP contribution in [-0.2, 0) is 49.3 Å².